The zero-order chi connectivity index (χ0) is 20.1. The first-order valence-corrected chi connectivity index (χ1v) is 10.3. The van der Waals surface area contributed by atoms with Crippen LogP contribution < -0.4 is 0 Å². The van der Waals surface area contributed by atoms with E-state index < -0.39 is 0 Å². The van der Waals surface area contributed by atoms with Crippen molar-refractivity contribution in [2.24, 2.45) is 11.8 Å². The average Bonchev–Trinajstić information content (AvgIpc) is 3.35. The van der Waals surface area contributed by atoms with Crippen LogP contribution in [0.5, 0.6) is 0 Å². The van der Waals surface area contributed by atoms with Gasteiger partial charge in [-0.3, -0.25) is 9.69 Å². The molecule has 0 aromatic carbocycles. The standard InChI is InChI=1S/C20H32N6O2/c1-15(2)7-8-26-19(21-22-23-26)17(14-16(3)4)24-9-11-25(12-10-24)20(27)18-6-5-13-28-18/h5-6,13,15-17H,7-12,14H2,1-4H3/t17-/m1/s1. The number of tetrazole rings is 1. The molecule has 2 aromatic heterocycles. The van der Waals surface area contributed by atoms with Gasteiger partial charge in [0.15, 0.2) is 11.6 Å². The Morgan fingerprint density at radius 3 is 2.50 bits per heavy atom. The Bertz CT molecular complexity index is 732. The van der Waals surface area contributed by atoms with E-state index in [1.54, 1.807) is 18.4 Å². The van der Waals surface area contributed by atoms with Crippen LogP contribution in [-0.4, -0.2) is 62.1 Å². The van der Waals surface area contributed by atoms with E-state index in [4.69, 9.17) is 4.42 Å². The Labute approximate surface area is 166 Å². The summed E-state index contributed by atoms with van der Waals surface area (Å²) in [5, 5.41) is 12.6. The molecule has 3 rings (SSSR count). The fraction of sp³-hybridized carbons (Fsp3) is 0.700. The molecule has 1 amide bonds. The first kappa shape index (κ1) is 20.5. The maximum atomic E-state index is 12.5. The molecule has 0 bridgehead atoms. The molecule has 1 atom stereocenters. The molecule has 0 radical (unpaired) electrons. The van der Waals surface area contributed by atoms with E-state index in [9.17, 15) is 4.79 Å². The molecular weight excluding hydrogens is 356 g/mol. The molecule has 0 unspecified atom stereocenters. The molecule has 1 aliphatic heterocycles. The van der Waals surface area contributed by atoms with E-state index in [0.717, 1.165) is 38.3 Å². The van der Waals surface area contributed by atoms with Crippen LogP contribution in [0, 0.1) is 11.8 Å². The maximum Gasteiger partial charge on any atom is 0.289 e. The number of furan rings is 1. The molecule has 0 saturated carbocycles. The Kier molecular flexibility index (Phi) is 6.83. The molecule has 1 aliphatic rings. The molecule has 8 nitrogen and oxygen atoms in total. The quantitative estimate of drug-likeness (QED) is 0.692. The van der Waals surface area contributed by atoms with Crippen LogP contribution >= 0.6 is 0 Å². The van der Waals surface area contributed by atoms with Crippen molar-refractivity contribution in [1.29, 1.82) is 0 Å². The Hall–Kier alpha value is -2.22. The van der Waals surface area contributed by atoms with Gasteiger partial charge in [0, 0.05) is 32.7 Å². The van der Waals surface area contributed by atoms with E-state index in [2.05, 4.69) is 48.1 Å². The second kappa shape index (κ2) is 9.32. The number of amides is 1. The number of hydrogen-bond donors (Lipinski definition) is 0. The maximum absolute atomic E-state index is 12.5. The second-order valence-electron chi connectivity index (χ2n) is 8.39. The highest BCUT2D eigenvalue weighted by Crippen LogP contribution is 2.27. The highest BCUT2D eigenvalue weighted by molar-refractivity contribution is 5.91. The van der Waals surface area contributed by atoms with Crippen molar-refractivity contribution >= 4 is 5.91 Å². The highest BCUT2D eigenvalue weighted by Gasteiger charge is 2.31. The van der Waals surface area contributed by atoms with Gasteiger partial charge in [-0.2, -0.15) is 0 Å². The number of piperazine rings is 1. The molecular formula is C20H32N6O2. The van der Waals surface area contributed by atoms with Crippen molar-refractivity contribution < 1.29 is 9.21 Å². The first-order valence-electron chi connectivity index (χ1n) is 10.3. The lowest BCUT2D eigenvalue weighted by molar-refractivity contribution is 0.0499. The summed E-state index contributed by atoms with van der Waals surface area (Å²) in [6.07, 6.45) is 3.59. The average molecular weight is 389 g/mol. The Morgan fingerprint density at radius 1 is 1.14 bits per heavy atom. The van der Waals surface area contributed by atoms with Crippen LogP contribution in [0.15, 0.2) is 22.8 Å². The van der Waals surface area contributed by atoms with Crippen LogP contribution in [0.4, 0.5) is 0 Å². The molecule has 0 aliphatic carbocycles. The van der Waals surface area contributed by atoms with Gasteiger partial charge in [-0.1, -0.05) is 27.7 Å². The van der Waals surface area contributed by atoms with E-state index in [1.807, 2.05) is 9.58 Å². The van der Waals surface area contributed by atoms with E-state index >= 15 is 0 Å². The number of aryl methyl sites for hydroxylation is 1. The van der Waals surface area contributed by atoms with Gasteiger partial charge in [-0.15, -0.1) is 5.10 Å². The summed E-state index contributed by atoms with van der Waals surface area (Å²) < 4.78 is 7.23. The van der Waals surface area contributed by atoms with Crippen LogP contribution in [0.2, 0.25) is 0 Å². The van der Waals surface area contributed by atoms with Crippen molar-refractivity contribution in [3.8, 4) is 0 Å². The van der Waals surface area contributed by atoms with E-state index in [-0.39, 0.29) is 11.9 Å². The van der Waals surface area contributed by atoms with E-state index in [1.165, 1.54) is 0 Å². The molecule has 2 aromatic rings. The van der Waals surface area contributed by atoms with Crippen LogP contribution in [0.1, 0.15) is 63.0 Å². The van der Waals surface area contributed by atoms with Crippen molar-refractivity contribution in [2.75, 3.05) is 26.2 Å². The number of rotatable bonds is 8. The Morgan fingerprint density at radius 2 is 1.89 bits per heavy atom. The van der Waals surface area contributed by atoms with Gasteiger partial charge >= 0.3 is 0 Å². The lowest BCUT2D eigenvalue weighted by atomic mass is 10.0. The summed E-state index contributed by atoms with van der Waals surface area (Å²) in [5.74, 6) is 2.46. The SMILES string of the molecule is CC(C)CCn1nnnc1[C@@H](CC(C)C)N1CCN(C(=O)c2ccco2)CC1. The van der Waals surface area contributed by atoms with Gasteiger partial charge in [-0.05, 0) is 47.2 Å². The summed E-state index contributed by atoms with van der Waals surface area (Å²) in [4.78, 5) is 16.8. The minimum Gasteiger partial charge on any atom is -0.459 e. The summed E-state index contributed by atoms with van der Waals surface area (Å²) in [6, 6.07) is 3.64. The smallest absolute Gasteiger partial charge is 0.289 e. The molecule has 8 heteroatoms. The summed E-state index contributed by atoms with van der Waals surface area (Å²) in [7, 11) is 0. The predicted molar refractivity (Wildman–Crippen MR) is 106 cm³/mol. The number of aromatic nitrogens is 4. The third-order valence-corrected chi connectivity index (χ3v) is 5.24. The molecule has 0 N–H and O–H groups in total. The van der Waals surface area contributed by atoms with Gasteiger partial charge in [0.25, 0.3) is 5.91 Å². The minimum atomic E-state index is -0.0353. The van der Waals surface area contributed by atoms with Gasteiger partial charge in [0.1, 0.15) is 0 Å². The molecule has 1 fully saturated rings. The van der Waals surface area contributed by atoms with Crippen LogP contribution in [0.25, 0.3) is 0 Å². The normalized spacial score (nSPS) is 16.9. The minimum absolute atomic E-state index is 0.0353. The number of carbonyl (C=O) groups is 1. The van der Waals surface area contributed by atoms with Crippen molar-refractivity contribution in [3.05, 3.63) is 30.0 Å². The van der Waals surface area contributed by atoms with Gasteiger partial charge < -0.3 is 9.32 Å². The lowest BCUT2D eigenvalue weighted by Crippen LogP contribution is -2.50. The molecule has 0 spiro atoms. The lowest BCUT2D eigenvalue weighted by Gasteiger charge is -2.39. The Balaban J connectivity index is 1.68. The molecule has 1 saturated heterocycles. The van der Waals surface area contributed by atoms with Crippen LogP contribution in [0.3, 0.4) is 0 Å². The van der Waals surface area contributed by atoms with Crippen LogP contribution in [-0.2, 0) is 6.54 Å². The number of hydrogen-bond acceptors (Lipinski definition) is 6. The fourth-order valence-corrected chi connectivity index (χ4v) is 3.65. The third kappa shape index (κ3) is 4.98. The van der Waals surface area contributed by atoms with Crippen molar-refractivity contribution in [3.63, 3.8) is 0 Å². The van der Waals surface area contributed by atoms with Gasteiger partial charge in [0.2, 0.25) is 0 Å². The van der Waals surface area contributed by atoms with E-state index in [0.29, 0.717) is 30.7 Å². The molecule has 3 heterocycles. The summed E-state index contributed by atoms with van der Waals surface area (Å²) in [5.41, 5.74) is 0. The fourth-order valence-electron chi connectivity index (χ4n) is 3.65. The van der Waals surface area contributed by atoms with Gasteiger partial charge in [0.05, 0.1) is 12.3 Å². The summed E-state index contributed by atoms with van der Waals surface area (Å²) >= 11 is 0. The largest absolute Gasteiger partial charge is 0.459 e. The zero-order valence-corrected chi connectivity index (χ0v) is 17.4. The predicted octanol–water partition coefficient (Wildman–Crippen LogP) is 2.86. The second-order valence-corrected chi connectivity index (χ2v) is 8.39. The van der Waals surface area contributed by atoms with Crippen molar-refractivity contribution in [1.82, 2.24) is 30.0 Å². The number of carbonyl (C=O) groups excluding carboxylic acids is 1. The highest BCUT2D eigenvalue weighted by atomic mass is 16.3. The topological polar surface area (TPSA) is 80.3 Å². The summed E-state index contributed by atoms with van der Waals surface area (Å²) in [6.45, 7) is 12.7. The molecule has 154 valence electrons. The number of nitrogens with zero attached hydrogens (tertiary/aromatic N) is 6. The zero-order valence-electron chi connectivity index (χ0n) is 17.4. The van der Waals surface area contributed by atoms with Crippen molar-refractivity contribution in [2.45, 2.75) is 53.1 Å². The third-order valence-electron chi connectivity index (χ3n) is 5.24. The monoisotopic (exact) mass is 388 g/mol. The molecule has 28 heavy (non-hydrogen) atoms. The van der Waals surface area contributed by atoms with Gasteiger partial charge in [-0.25, -0.2) is 4.68 Å². The first-order chi connectivity index (χ1) is 13.5.